The quantitative estimate of drug-likeness (QED) is 0.438. The van der Waals surface area contributed by atoms with Gasteiger partial charge in [-0.15, -0.1) is 0 Å². The first-order valence-corrected chi connectivity index (χ1v) is 5.60. The van der Waals surface area contributed by atoms with E-state index in [9.17, 15) is 0 Å². The number of hydrogen-bond donors (Lipinski definition) is 0. The summed E-state index contributed by atoms with van der Waals surface area (Å²) in [6.07, 6.45) is 7.14. The molecule has 0 saturated carbocycles. The third kappa shape index (κ3) is 4.90. The predicted octanol–water partition coefficient (Wildman–Crippen LogP) is 3.23. The highest BCUT2D eigenvalue weighted by Crippen LogP contribution is 2.08. The van der Waals surface area contributed by atoms with Crippen molar-refractivity contribution in [3.8, 4) is 0 Å². The van der Waals surface area contributed by atoms with E-state index in [4.69, 9.17) is 0 Å². The molecule has 0 bridgehead atoms. The molecule has 0 spiro atoms. The summed E-state index contributed by atoms with van der Waals surface area (Å²) in [6, 6.07) is 0.705. The van der Waals surface area contributed by atoms with Crippen molar-refractivity contribution in [2.24, 2.45) is 0 Å². The summed E-state index contributed by atoms with van der Waals surface area (Å²) in [4.78, 5) is 0. The van der Waals surface area contributed by atoms with Gasteiger partial charge in [0.2, 0.25) is 0 Å². The highest BCUT2D eigenvalue weighted by molar-refractivity contribution is 5.44. The van der Waals surface area contributed by atoms with Gasteiger partial charge in [-0.1, -0.05) is 13.8 Å². The van der Waals surface area contributed by atoms with Crippen molar-refractivity contribution in [3.63, 3.8) is 0 Å². The first kappa shape index (κ1) is 12.4. The van der Waals surface area contributed by atoms with Gasteiger partial charge in [-0.05, 0) is 26.7 Å². The summed E-state index contributed by atoms with van der Waals surface area (Å²) in [5, 5.41) is 0. The van der Waals surface area contributed by atoms with E-state index in [-0.39, 0.29) is 0 Å². The SMILES string of the molecule is CC=C=[N+](CC)C(CCC)CCC. The minimum Gasteiger partial charge on any atom is -0.186 e. The Labute approximate surface area is 83.2 Å². The summed E-state index contributed by atoms with van der Waals surface area (Å²) in [7, 11) is 0. The molecule has 1 nitrogen and oxygen atoms in total. The maximum Gasteiger partial charge on any atom is 0.162 e. The van der Waals surface area contributed by atoms with Crippen LogP contribution in [0.5, 0.6) is 0 Å². The molecule has 1 heteroatoms. The molecule has 0 amide bonds. The van der Waals surface area contributed by atoms with Crippen LogP contribution in [0.4, 0.5) is 0 Å². The second-order valence-electron chi connectivity index (χ2n) is 3.43. The standard InChI is InChI=1S/C12H24N/c1-5-9-12(10-6-2)13(8-4)11-7-3/h7,12H,5-6,8-10H2,1-4H3/q+1. The van der Waals surface area contributed by atoms with Gasteiger partial charge in [0.05, 0.1) is 0 Å². The lowest BCUT2D eigenvalue weighted by Gasteiger charge is -2.10. The van der Waals surface area contributed by atoms with E-state index in [2.05, 4.69) is 31.2 Å². The van der Waals surface area contributed by atoms with Gasteiger partial charge < -0.3 is 0 Å². The Morgan fingerprint density at radius 2 is 1.69 bits per heavy atom. The molecular formula is C12H24N+. The average Bonchev–Trinajstić information content (AvgIpc) is 2.14. The van der Waals surface area contributed by atoms with Crippen LogP contribution in [0.3, 0.4) is 0 Å². The Balaban J connectivity index is 4.39. The highest BCUT2D eigenvalue weighted by Gasteiger charge is 2.16. The van der Waals surface area contributed by atoms with E-state index in [0.29, 0.717) is 6.04 Å². The molecule has 0 atom stereocenters. The monoisotopic (exact) mass is 182 g/mol. The molecule has 76 valence electrons. The molecule has 0 radical (unpaired) electrons. The van der Waals surface area contributed by atoms with Gasteiger partial charge in [0.1, 0.15) is 6.54 Å². The Morgan fingerprint density at radius 1 is 1.15 bits per heavy atom. The van der Waals surface area contributed by atoms with E-state index < -0.39 is 0 Å². The molecule has 0 rings (SSSR count). The normalized spacial score (nSPS) is 9.92. The van der Waals surface area contributed by atoms with E-state index >= 15 is 0 Å². The number of allylic oxidation sites excluding steroid dienone is 1. The zero-order chi connectivity index (χ0) is 10.1. The number of nitrogens with zero attached hydrogens (tertiary/aromatic N) is 1. The molecule has 0 aliphatic heterocycles. The molecule has 0 aromatic heterocycles. The van der Waals surface area contributed by atoms with Gasteiger partial charge in [0.25, 0.3) is 0 Å². The van der Waals surface area contributed by atoms with Crippen molar-refractivity contribution in [1.82, 2.24) is 0 Å². The molecule has 0 unspecified atom stereocenters. The molecule has 13 heavy (non-hydrogen) atoms. The minimum absolute atomic E-state index is 0.705. The van der Waals surface area contributed by atoms with Crippen molar-refractivity contribution in [2.45, 2.75) is 59.4 Å². The fraction of sp³-hybridized carbons (Fsp3) is 0.833. The van der Waals surface area contributed by atoms with Crippen molar-refractivity contribution >= 4 is 5.87 Å². The van der Waals surface area contributed by atoms with Gasteiger partial charge in [-0.3, -0.25) is 0 Å². The molecule has 0 aliphatic rings. The van der Waals surface area contributed by atoms with Crippen molar-refractivity contribution in [1.29, 1.82) is 0 Å². The molecule has 0 N–H and O–H groups in total. The van der Waals surface area contributed by atoms with Gasteiger partial charge in [-0.25, -0.2) is 0 Å². The first-order chi connectivity index (χ1) is 6.29. The Bertz CT molecular complexity index is 170. The van der Waals surface area contributed by atoms with Crippen LogP contribution < -0.4 is 0 Å². The van der Waals surface area contributed by atoms with Crippen LogP contribution in [0.15, 0.2) is 6.08 Å². The van der Waals surface area contributed by atoms with Gasteiger partial charge in [-0.2, -0.15) is 4.58 Å². The topological polar surface area (TPSA) is 3.01 Å². The Kier molecular flexibility index (Phi) is 7.73. The van der Waals surface area contributed by atoms with Crippen molar-refractivity contribution < 1.29 is 4.58 Å². The zero-order valence-corrected chi connectivity index (χ0v) is 9.64. The van der Waals surface area contributed by atoms with Crippen LogP contribution in [-0.2, 0) is 0 Å². The largest absolute Gasteiger partial charge is 0.186 e. The third-order valence-electron chi connectivity index (χ3n) is 2.32. The molecule has 0 aliphatic carbocycles. The molecular weight excluding hydrogens is 158 g/mol. The number of rotatable bonds is 6. The molecule has 0 aromatic carbocycles. The van der Waals surface area contributed by atoms with E-state index in [1.807, 2.05) is 13.0 Å². The molecule has 0 fully saturated rings. The van der Waals surface area contributed by atoms with Crippen molar-refractivity contribution in [2.75, 3.05) is 6.54 Å². The predicted molar refractivity (Wildman–Crippen MR) is 59.7 cm³/mol. The molecule has 0 heterocycles. The molecule has 0 aromatic rings. The highest BCUT2D eigenvalue weighted by atomic mass is 15.0. The smallest absolute Gasteiger partial charge is 0.162 e. The minimum atomic E-state index is 0.705. The maximum absolute atomic E-state index is 3.31. The summed E-state index contributed by atoms with van der Waals surface area (Å²) in [6.45, 7) is 9.83. The molecule has 0 saturated heterocycles. The lowest BCUT2D eigenvalue weighted by molar-refractivity contribution is -0.558. The van der Waals surface area contributed by atoms with Crippen LogP contribution in [-0.4, -0.2) is 23.0 Å². The van der Waals surface area contributed by atoms with Crippen LogP contribution in [0.25, 0.3) is 0 Å². The van der Waals surface area contributed by atoms with Crippen LogP contribution in [0.1, 0.15) is 53.4 Å². The second-order valence-corrected chi connectivity index (χ2v) is 3.43. The van der Waals surface area contributed by atoms with Crippen molar-refractivity contribution in [3.05, 3.63) is 6.08 Å². The van der Waals surface area contributed by atoms with Gasteiger partial charge >= 0.3 is 0 Å². The summed E-state index contributed by atoms with van der Waals surface area (Å²) >= 11 is 0. The fourth-order valence-electron chi connectivity index (χ4n) is 1.74. The summed E-state index contributed by atoms with van der Waals surface area (Å²) < 4.78 is 2.34. The van der Waals surface area contributed by atoms with Crippen LogP contribution in [0, 0.1) is 0 Å². The van der Waals surface area contributed by atoms with Gasteiger partial charge in [0.15, 0.2) is 11.9 Å². The van der Waals surface area contributed by atoms with Crippen LogP contribution in [0.2, 0.25) is 0 Å². The van der Waals surface area contributed by atoms with Crippen LogP contribution >= 0.6 is 0 Å². The lowest BCUT2D eigenvalue weighted by Crippen LogP contribution is -2.25. The van der Waals surface area contributed by atoms with E-state index in [1.54, 1.807) is 0 Å². The maximum atomic E-state index is 3.31. The second kappa shape index (κ2) is 8.07. The lowest BCUT2D eigenvalue weighted by atomic mass is 10.1. The third-order valence-corrected chi connectivity index (χ3v) is 2.32. The average molecular weight is 182 g/mol. The summed E-state index contributed by atoms with van der Waals surface area (Å²) in [5.74, 6) is 3.31. The van der Waals surface area contributed by atoms with Gasteiger partial charge in [0, 0.05) is 18.9 Å². The first-order valence-electron chi connectivity index (χ1n) is 5.60. The Morgan fingerprint density at radius 3 is 2.00 bits per heavy atom. The summed E-state index contributed by atoms with van der Waals surface area (Å²) in [5.41, 5.74) is 0. The van der Waals surface area contributed by atoms with E-state index in [0.717, 1.165) is 6.54 Å². The van der Waals surface area contributed by atoms with E-state index in [1.165, 1.54) is 25.7 Å². The zero-order valence-electron chi connectivity index (χ0n) is 9.64. The fourth-order valence-corrected chi connectivity index (χ4v) is 1.74. The Hall–Kier alpha value is -0.550. The number of hydrogen-bond acceptors (Lipinski definition) is 0.